The zero-order valence-corrected chi connectivity index (χ0v) is 34.3. The number of benzene rings is 6. The molecule has 0 fully saturated rings. The summed E-state index contributed by atoms with van der Waals surface area (Å²) < 4.78 is 1.36. The Hall–Kier alpha value is -4.62. The van der Waals surface area contributed by atoms with Crippen LogP contribution in [0.2, 0.25) is 13.1 Å². The van der Waals surface area contributed by atoms with E-state index in [0.717, 1.165) is 0 Å². The van der Waals surface area contributed by atoms with Crippen molar-refractivity contribution in [3.63, 3.8) is 0 Å². The minimum atomic E-state index is -2.00. The molecule has 2 aliphatic rings. The van der Waals surface area contributed by atoms with E-state index in [4.69, 9.17) is 0 Å². The van der Waals surface area contributed by atoms with Gasteiger partial charge in [-0.05, 0) is 11.1 Å². The van der Waals surface area contributed by atoms with Crippen molar-refractivity contribution in [2.24, 2.45) is 0 Å². The van der Waals surface area contributed by atoms with Crippen LogP contribution in [0.4, 0.5) is 0 Å². The molecule has 0 saturated carbocycles. The summed E-state index contributed by atoms with van der Waals surface area (Å²) in [6.45, 7) is 10.1. The predicted molar refractivity (Wildman–Crippen MR) is 226 cm³/mol. The molecule has 0 N–H and O–H groups in total. The van der Waals surface area contributed by atoms with Gasteiger partial charge in [0.15, 0.2) is 0 Å². The van der Waals surface area contributed by atoms with Gasteiger partial charge in [-0.2, -0.15) is 0 Å². The number of hydrogen-bond acceptors (Lipinski definition) is 0. The molecule has 0 aliphatic heterocycles. The summed E-state index contributed by atoms with van der Waals surface area (Å²) in [5.41, 5.74) is 17.3. The van der Waals surface area contributed by atoms with E-state index >= 15 is 0 Å². The van der Waals surface area contributed by atoms with Crippen molar-refractivity contribution in [1.29, 1.82) is 0 Å². The van der Waals surface area contributed by atoms with Gasteiger partial charge >= 0.3 is 226 Å². The van der Waals surface area contributed by atoms with Crippen molar-refractivity contribution in [1.82, 2.24) is 0 Å². The maximum absolute atomic E-state index is 2.65. The van der Waals surface area contributed by atoms with Crippen LogP contribution in [0.25, 0.3) is 46.6 Å². The average molecular weight is 767 g/mol. The molecule has 52 heavy (non-hydrogen) atoms. The van der Waals surface area contributed by atoms with Crippen LogP contribution in [0, 0.1) is 0 Å². The topological polar surface area (TPSA) is 0 Å². The second kappa shape index (κ2) is 16.8. The van der Waals surface area contributed by atoms with Crippen LogP contribution in [0.5, 0.6) is 0 Å². The number of fused-ring (bicyclic) bond motifs is 2. The van der Waals surface area contributed by atoms with Crippen molar-refractivity contribution in [3.05, 3.63) is 214 Å². The summed E-state index contributed by atoms with van der Waals surface area (Å²) in [6, 6.07) is 56.6. The molecule has 6 aromatic carbocycles. The third-order valence-electron chi connectivity index (χ3n) is 10.3. The summed E-state index contributed by atoms with van der Waals surface area (Å²) in [5.74, 6) is -0.850. The fourth-order valence-electron chi connectivity index (χ4n) is 8.02. The minimum absolute atomic E-state index is 0.678. The van der Waals surface area contributed by atoms with E-state index in [2.05, 4.69) is 185 Å². The molecule has 2 unspecified atom stereocenters. The molecule has 0 amide bonds. The van der Waals surface area contributed by atoms with Crippen molar-refractivity contribution in [2.45, 2.75) is 34.2 Å². The third-order valence-corrected chi connectivity index (χ3v) is 32.5. The first kappa shape index (κ1) is 35.8. The molecule has 0 nitrogen and oxygen atoms in total. The van der Waals surface area contributed by atoms with Crippen LogP contribution in [0.15, 0.2) is 181 Å². The van der Waals surface area contributed by atoms with Gasteiger partial charge < -0.3 is 0 Å². The van der Waals surface area contributed by atoms with Gasteiger partial charge in [-0.25, -0.2) is 0 Å². The molecule has 0 radical (unpaired) electrons. The standard InChI is InChI=1S/2C16H13.C16H14.C2H7Si.Zr/c2*1-12-10-14-8-5-9-15(16(14)11-12)13-6-3-2-4-7-13;1-3-9-15(10-4-1)13-7-8-14-16-11-5-2-6-12-16;1-3-2;/h2*2-11H,1H3;1-14H;3H,1-2H3;. The molecule has 2 aliphatic carbocycles. The molecule has 8 rings (SSSR count). The van der Waals surface area contributed by atoms with Gasteiger partial charge in [-0.3, -0.25) is 0 Å². The summed E-state index contributed by atoms with van der Waals surface area (Å²) in [6.07, 6.45) is 13.4. The maximum atomic E-state index is 2.65. The number of allylic oxidation sites excluding steroid dienone is 4. The normalized spacial score (nSPS) is 15.9. The first-order chi connectivity index (χ1) is 25.5. The van der Waals surface area contributed by atoms with Crippen LogP contribution in [-0.4, -0.2) is 5.92 Å². The zero-order valence-electron chi connectivity index (χ0n) is 30.7. The predicted octanol–water partition coefficient (Wildman–Crippen LogP) is 13.7. The third kappa shape index (κ3) is 7.90. The van der Waals surface area contributed by atoms with Gasteiger partial charge in [-0.15, -0.1) is 0 Å². The van der Waals surface area contributed by atoms with Crippen LogP contribution in [-0.2, 0) is 20.9 Å². The quantitative estimate of drug-likeness (QED) is 0.107. The van der Waals surface area contributed by atoms with Crippen molar-refractivity contribution < 1.29 is 20.9 Å². The van der Waals surface area contributed by atoms with E-state index in [0.29, 0.717) is 7.25 Å². The molecule has 2 heteroatoms. The fraction of sp³-hybridized carbons (Fsp3) is 0.120. The molecular formula is C50H47SiZr. The Morgan fingerprint density at radius 2 is 0.808 bits per heavy atom. The van der Waals surface area contributed by atoms with Gasteiger partial charge in [-0.1, -0.05) is 85.0 Å². The van der Waals surface area contributed by atoms with Gasteiger partial charge in [0, 0.05) is 0 Å². The molecule has 0 aromatic heterocycles. The van der Waals surface area contributed by atoms with E-state index in [9.17, 15) is 0 Å². The molecule has 2 atom stereocenters. The Labute approximate surface area is 319 Å². The van der Waals surface area contributed by atoms with Crippen LogP contribution >= 0.6 is 0 Å². The summed E-state index contributed by atoms with van der Waals surface area (Å²) in [5, 5.41) is 0. The van der Waals surface area contributed by atoms with E-state index in [1.54, 1.807) is 22.3 Å². The van der Waals surface area contributed by atoms with Crippen molar-refractivity contribution in [3.8, 4) is 22.3 Å². The Morgan fingerprint density at radius 3 is 1.17 bits per heavy atom. The molecule has 255 valence electrons. The first-order valence-electron chi connectivity index (χ1n) is 18.5. The average Bonchev–Trinajstić information content (AvgIpc) is 3.70. The Kier molecular flexibility index (Phi) is 11.6. The van der Waals surface area contributed by atoms with E-state index in [1.165, 1.54) is 44.5 Å². The summed E-state index contributed by atoms with van der Waals surface area (Å²) >= 11 is -2.00. The van der Waals surface area contributed by atoms with Gasteiger partial charge in [0.25, 0.3) is 0 Å². The molecule has 6 aromatic rings. The van der Waals surface area contributed by atoms with Crippen LogP contribution < -0.4 is 0 Å². The summed E-state index contributed by atoms with van der Waals surface area (Å²) in [4.78, 5) is 0. The SMILES string of the molecule is C(C=Cc1ccccc1)=Cc1ccccc1.CC1=Cc2c(-c3ccccc3)cccc2[CH]1[Zr]([CH]1C(C)=Cc2c(-c3ccccc3)cccc21)[SiH](C)C. The van der Waals surface area contributed by atoms with Crippen molar-refractivity contribution >= 4 is 30.2 Å². The molecular weight excluding hydrogens is 720 g/mol. The fourth-order valence-corrected chi connectivity index (χ4v) is 31.2. The zero-order chi connectivity index (χ0) is 35.9. The molecule has 0 bridgehead atoms. The van der Waals surface area contributed by atoms with E-state index in [-0.39, 0.29) is 0 Å². The Bertz CT molecular complexity index is 2070. The summed E-state index contributed by atoms with van der Waals surface area (Å²) in [7, 11) is 0. The second-order valence-electron chi connectivity index (χ2n) is 14.2. The molecule has 0 spiro atoms. The monoisotopic (exact) mass is 765 g/mol. The first-order valence-corrected chi connectivity index (χ1v) is 28.5. The van der Waals surface area contributed by atoms with Gasteiger partial charge in [0.2, 0.25) is 0 Å². The Morgan fingerprint density at radius 1 is 0.442 bits per heavy atom. The Balaban J connectivity index is 0.000000220. The molecule has 0 saturated heterocycles. The second-order valence-corrected chi connectivity index (χ2v) is 34.3. The van der Waals surface area contributed by atoms with Gasteiger partial charge in [0.05, 0.1) is 0 Å². The number of hydrogen-bond donors (Lipinski definition) is 0. The van der Waals surface area contributed by atoms with E-state index in [1.807, 2.05) is 36.4 Å². The van der Waals surface area contributed by atoms with Gasteiger partial charge in [0.1, 0.15) is 0 Å². The number of rotatable bonds is 8. The van der Waals surface area contributed by atoms with Crippen LogP contribution in [0.3, 0.4) is 0 Å². The van der Waals surface area contributed by atoms with Crippen LogP contribution in [0.1, 0.15) is 54.5 Å². The van der Waals surface area contributed by atoms with E-state index < -0.39 is 26.8 Å². The van der Waals surface area contributed by atoms with Crippen molar-refractivity contribution in [2.75, 3.05) is 0 Å². The molecule has 0 heterocycles.